The summed E-state index contributed by atoms with van der Waals surface area (Å²) in [5.74, 6) is 0. The maximum Gasteiger partial charge on any atom is 0.322 e. The van der Waals surface area contributed by atoms with E-state index in [1.54, 1.807) is 4.90 Å². The highest BCUT2D eigenvalue weighted by Crippen LogP contribution is 2.37. The minimum Gasteiger partial charge on any atom is -0.329 e. The van der Waals surface area contributed by atoms with Crippen LogP contribution in [-0.4, -0.2) is 22.5 Å². The largest absolute Gasteiger partial charge is 0.329 e. The van der Waals surface area contributed by atoms with Gasteiger partial charge in [-0.05, 0) is 45.6 Å². The third-order valence-electron chi connectivity index (χ3n) is 3.30. The molecule has 14 heavy (non-hydrogen) atoms. The lowest BCUT2D eigenvalue weighted by atomic mass is 9.94. The lowest BCUT2D eigenvalue weighted by molar-refractivity contribution is 0.189. The summed E-state index contributed by atoms with van der Waals surface area (Å²) in [5, 5.41) is 3.10. The standard InChI is InChI=1S/C11H18N2O/c1-8(2)13-7-9-5-4-6-11(9,3)12-10(13)14/h7-8H,4-6H2,1-3H3,(H,12,14)/t11-/m0/s1. The lowest BCUT2D eigenvalue weighted by Crippen LogP contribution is -2.55. The molecule has 1 aliphatic carbocycles. The summed E-state index contributed by atoms with van der Waals surface area (Å²) in [5.41, 5.74) is 1.33. The Balaban J connectivity index is 2.31. The summed E-state index contributed by atoms with van der Waals surface area (Å²) in [6.07, 6.45) is 5.45. The molecule has 0 bridgehead atoms. The van der Waals surface area contributed by atoms with Crippen LogP contribution in [0, 0.1) is 0 Å². The van der Waals surface area contributed by atoms with Crippen molar-refractivity contribution in [3.05, 3.63) is 11.8 Å². The van der Waals surface area contributed by atoms with Gasteiger partial charge in [0.05, 0.1) is 5.54 Å². The monoisotopic (exact) mass is 194 g/mol. The van der Waals surface area contributed by atoms with Gasteiger partial charge in [0.1, 0.15) is 0 Å². The highest BCUT2D eigenvalue weighted by atomic mass is 16.2. The highest BCUT2D eigenvalue weighted by molar-refractivity contribution is 5.79. The van der Waals surface area contributed by atoms with Gasteiger partial charge in [0.15, 0.2) is 0 Å². The Bertz CT molecular complexity index is 296. The van der Waals surface area contributed by atoms with Crippen molar-refractivity contribution in [1.82, 2.24) is 10.2 Å². The Hall–Kier alpha value is -0.990. The maximum atomic E-state index is 11.8. The molecule has 0 aromatic heterocycles. The van der Waals surface area contributed by atoms with Crippen LogP contribution in [0.25, 0.3) is 0 Å². The average Bonchev–Trinajstić information content (AvgIpc) is 2.42. The zero-order chi connectivity index (χ0) is 10.3. The van der Waals surface area contributed by atoms with Crippen LogP contribution < -0.4 is 5.32 Å². The van der Waals surface area contributed by atoms with Crippen LogP contribution in [0.5, 0.6) is 0 Å². The van der Waals surface area contributed by atoms with Gasteiger partial charge in [-0.1, -0.05) is 0 Å². The van der Waals surface area contributed by atoms with E-state index in [1.165, 1.54) is 12.0 Å². The summed E-state index contributed by atoms with van der Waals surface area (Å²) < 4.78 is 0. The second-order valence-corrected chi connectivity index (χ2v) is 4.77. The second kappa shape index (κ2) is 3.01. The minimum atomic E-state index is -0.0531. The van der Waals surface area contributed by atoms with Crippen LogP contribution in [-0.2, 0) is 0 Å². The Morgan fingerprint density at radius 3 is 2.93 bits per heavy atom. The normalized spacial score (nSPS) is 31.6. The van der Waals surface area contributed by atoms with Crippen molar-refractivity contribution in [1.29, 1.82) is 0 Å². The number of nitrogens with zero attached hydrogens (tertiary/aromatic N) is 1. The molecule has 1 fully saturated rings. The van der Waals surface area contributed by atoms with Crippen LogP contribution in [0.1, 0.15) is 40.0 Å². The van der Waals surface area contributed by atoms with Gasteiger partial charge in [-0.25, -0.2) is 4.79 Å². The number of nitrogens with one attached hydrogen (secondary N) is 1. The molecule has 3 heteroatoms. The molecular formula is C11H18N2O. The van der Waals surface area contributed by atoms with E-state index in [4.69, 9.17) is 0 Å². The molecular weight excluding hydrogens is 176 g/mol. The van der Waals surface area contributed by atoms with Crippen molar-refractivity contribution in [2.45, 2.75) is 51.6 Å². The first kappa shape index (κ1) is 9.56. The Kier molecular flexibility index (Phi) is 2.05. The van der Waals surface area contributed by atoms with Crippen molar-refractivity contribution in [3.8, 4) is 0 Å². The molecule has 0 aromatic rings. The van der Waals surface area contributed by atoms with Gasteiger partial charge in [0.2, 0.25) is 0 Å². The predicted octanol–water partition coefficient (Wildman–Crippen LogP) is 2.25. The first-order valence-electron chi connectivity index (χ1n) is 5.34. The molecule has 1 heterocycles. The first-order chi connectivity index (χ1) is 6.53. The number of carbonyl (C=O) groups excluding carboxylic acids is 1. The molecule has 1 aliphatic heterocycles. The van der Waals surface area contributed by atoms with Gasteiger partial charge in [0.25, 0.3) is 0 Å². The molecule has 0 aromatic carbocycles. The Morgan fingerprint density at radius 2 is 2.29 bits per heavy atom. The molecule has 2 amide bonds. The molecule has 0 unspecified atom stereocenters. The average molecular weight is 194 g/mol. The molecule has 1 atom stereocenters. The summed E-state index contributed by atoms with van der Waals surface area (Å²) in [4.78, 5) is 13.5. The molecule has 1 saturated carbocycles. The van der Waals surface area contributed by atoms with E-state index in [-0.39, 0.29) is 17.6 Å². The Labute approximate surface area is 85.2 Å². The summed E-state index contributed by atoms with van der Waals surface area (Å²) in [7, 11) is 0. The van der Waals surface area contributed by atoms with Crippen molar-refractivity contribution >= 4 is 6.03 Å². The summed E-state index contributed by atoms with van der Waals surface area (Å²) >= 11 is 0. The zero-order valence-electron chi connectivity index (χ0n) is 9.13. The van der Waals surface area contributed by atoms with Gasteiger partial charge in [0, 0.05) is 12.2 Å². The van der Waals surface area contributed by atoms with Crippen LogP contribution >= 0.6 is 0 Å². The number of amides is 2. The van der Waals surface area contributed by atoms with Crippen LogP contribution in [0.2, 0.25) is 0 Å². The van der Waals surface area contributed by atoms with Crippen molar-refractivity contribution < 1.29 is 4.79 Å². The number of carbonyl (C=O) groups is 1. The number of urea groups is 1. The zero-order valence-corrected chi connectivity index (χ0v) is 9.13. The molecule has 0 saturated heterocycles. The predicted molar refractivity (Wildman–Crippen MR) is 55.8 cm³/mol. The van der Waals surface area contributed by atoms with Gasteiger partial charge in [-0.3, -0.25) is 4.90 Å². The summed E-state index contributed by atoms with van der Waals surface area (Å²) in [6.45, 7) is 6.20. The van der Waals surface area contributed by atoms with Crippen LogP contribution in [0.15, 0.2) is 11.8 Å². The van der Waals surface area contributed by atoms with E-state index in [9.17, 15) is 4.79 Å². The van der Waals surface area contributed by atoms with Gasteiger partial charge < -0.3 is 5.32 Å². The number of fused-ring (bicyclic) bond motifs is 1. The fourth-order valence-electron chi connectivity index (χ4n) is 2.33. The van der Waals surface area contributed by atoms with E-state index in [0.717, 1.165) is 12.8 Å². The topological polar surface area (TPSA) is 32.3 Å². The maximum absolute atomic E-state index is 11.8. The van der Waals surface area contributed by atoms with Crippen molar-refractivity contribution in [2.24, 2.45) is 0 Å². The molecule has 1 N–H and O–H groups in total. The fraction of sp³-hybridized carbons (Fsp3) is 0.727. The molecule has 2 aliphatic rings. The Morgan fingerprint density at radius 1 is 1.57 bits per heavy atom. The van der Waals surface area contributed by atoms with E-state index in [0.29, 0.717) is 0 Å². The first-order valence-corrected chi connectivity index (χ1v) is 5.34. The van der Waals surface area contributed by atoms with E-state index < -0.39 is 0 Å². The fourth-order valence-corrected chi connectivity index (χ4v) is 2.33. The van der Waals surface area contributed by atoms with Crippen molar-refractivity contribution in [2.75, 3.05) is 0 Å². The van der Waals surface area contributed by atoms with E-state index in [1.807, 2.05) is 13.8 Å². The third-order valence-corrected chi connectivity index (χ3v) is 3.30. The molecule has 0 radical (unpaired) electrons. The van der Waals surface area contributed by atoms with Crippen LogP contribution in [0.3, 0.4) is 0 Å². The van der Waals surface area contributed by atoms with E-state index >= 15 is 0 Å². The van der Waals surface area contributed by atoms with Gasteiger partial charge >= 0.3 is 6.03 Å². The molecule has 0 spiro atoms. The molecule has 78 valence electrons. The van der Waals surface area contributed by atoms with Gasteiger partial charge in [-0.2, -0.15) is 0 Å². The quantitative estimate of drug-likeness (QED) is 0.682. The molecule has 2 rings (SSSR count). The molecule has 3 nitrogen and oxygen atoms in total. The second-order valence-electron chi connectivity index (χ2n) is 4.77. The smallest absolute Gasteiger partial charge is 0.322 e. The number of hydrogen-bond donors (Lipinski definition) is 1. The minimum absolute atomic E-state index is 0.0492. The SMILES string of the molecule is CC(C)N1C=C2CCC[C@]2(C)NC1=O. The van der Waals surface area contributed by atoms with Gasteiger partial charge in [-0.15, -0.1) is 0 Å². The van der Waals surface area contributed by atoms with E-state index in [2.05, 4.69) is 18.4 Å². The number of hydrogen-bond acceptors (Lipinski definition) is 1. The lowest BCUT2D eigenvalue weighted by Gasteiger charge is -2.38. The van der Waals surface area contributed by atoms with Crippen LogP contribution in [0.4, 0.5) is 4.79 Å². The highest BCUT2D eigenvalue weighted by Gasteiger charge is 2.40. The van der Waals surface area contributed by atoms with Crippen molar-refractivity contribution in [3.63, 3.8) is 0 Å². The number of rotatable bonds is 1. The third kappa shape index (κ3) is 1.31. The summed E-state index contributed by atoms with van der Waals surface area (Å²) in [6, 6.07) is 0.292.